The molecule has 0 aliphatic carbocycles. The predicted octanol–water partition coefficient (Wildman–Crippen LogP) is 1.14. The van der Waals surface area contributed by atoms with Crippen molar-refractivity contribution in [1.29, 1.82) is 0 Å². The van der Waals surface area contributed by atoms with Crippen molar-refractivity contribution in [1.82, 2.24) is 0 Å². The van der Waals surface area contributed by atoms with Crippen molar-refractivity contribution in [2.45, 2.75) is 36.0 Å². The molecule has 4 rings (SSSR count). The molecule has 1 aromatic carbocycles. The van der Waals surface area contributed by atoms with Gasteiger partial charge < -0.3 is 9.47 Å². The minimum absolute atomic E-state index is 0.000875. The van der Waals surface area contributed by atoms with Crippen LogP contribution in [0.2, 0.25) is 0 Å². The third kappa shape index (κ3) is 2.27. The normalized spacial score (nSPS) is 32.7. The third-order valence-corrected chi connectivity index (χ3v) is 5.92. The number of aryl methyl sites for hydroxylation is 1. The number of ether oxygens (including phenoxy) is 2. The van der Waals surface area contributed by atoms with Gasteiger partial charge in [0.1, 0.15) is 17.8 Å². The van der Waals surface area contributed by atoms with Crippen LogP contribution in [0.15, 0.2) is 40.8 Å². The molecule has 3 aliphatic heterocycles. The molecule has 0 aromatic heterocycles. The Morgan fingerprint density at radius 3 is 2.74 bits per heavy atom. The standard InChI is InChI=1S/C16H16O6S/c1-10-2-4-12(5-3-10)23(18,19)22-15-7-13(17)14-6-11-8-20-9-16(11,15)21-14/h2-6,14-15H,7-9H2,1H3/t14-,15-,16+/m0/s1. The van der Waals surface area contributed by atoms with Gasteiger partial charge in [0.2, 0.25) is 0 Å². The molecule has 1 spiro atoms. The molecule has 0 unspecified atom stereocenters. The molecular weight excluding hydrogens is 320 g/mol. The number of fused-ring (bicyclic) bond motifs is 1. The summed E-state index contributed by atoms with van der Waals surface area (Å²) in [5.74, 6) is -0.165. The van der Waals surface area contributed by atoms with Crippen molar-refractivity contribution in [3.05, 3.63) is 41.5 Å². The van der Waals surface area contributed by atoms with Crippen LogP contribution in [0.3, 0.4) is 0 Å². The van der Waals surface area contributed by atoms with Crippen LogP contribution in [0.5, 0.6) is 0 Å². The molecule has 1 aromatic rings. The van der Waals surface area contributed by atoms with Gasteiger partial charge in [0.05, 0.1) is 18.1 Å². The zero-order valence-electron chi connectivity index (χ0n) is 12.5. The molecule has 0 radical (unpaired) electrons. The van der Waals surface area contributed by atoms with E-state index in [0.717, 1.165) is 11.1 Å². The second-order valence-electron chi connectivity index (χ2n) is 6.14. The van der Waals surface area contributed by atoms with E-state index < -0.39 is 27.9 Å². The van der Waals surface area contributed by atoms with Crippen LogP contribution in [0.1, 0.15) is 12.0 Å². The summed E-state index contributed by atoms with van der Waals surface area (Å²) in [6.07, 6.45) is 0.237. The summed E-state index contributed by atoms with van der Waals surface area (Å²) in [6, 6.07) is 6.39. The first-order valence-corrected chi connectivity index (χ1v) is 8.81. The van der Waals surface area contributed by atoms with Gasteiger partial charge in [-0.1, -0.05) is 17.7 Å². The second kappa shape index (κ2) is 4.98. The highest BCUT2D eigenvalue weighted by Crippen LogP contribution is 2.46. The number of benzene rings is 1. The first-order valence-electron chi connectivity index (χ1n) is 7.40. The molecule has 122 valence electrons. The van der Waals surface area contributed by atoms with Gasteiger partial charge in [0, 0.05) is 6.42 Å². The van der Waals surface area contributed by atoms with Crippen molar-refractivity contribution in [2.24, 2.45) is 0 Å². The summed E-state index contributed by atoms with van der Waals surface area (Å²) in [7, 11) is -3.98. The van der Waals surface area contributed by atoms with Crippen LogP contribution in [0.25, 0.3) is 0 Å². The van der Waals surface area contributed by atoms with E-state index >= 15 is 0 Å². The lowest BCUT2D eigenvalue weighted by atomic mass is 9.89. The first kappa shape index (κ1) is 15.0. The van der Waals surface area contributed by atoms with Crippen LogP contribution in [-0.4, -0.2) is 45.2 Å². The number of hydrogen-bond acceptors (Lipinski definition) is 6. The monoisotopic (exact) mass is 336 g/mol. The largest absolute Gasteiger partial charge is 0.374 e. The average molecular weight is 336 g/mol. The van der Waals surface area contributed by atoms with Crippen molar-refractivity contribution in [3.63, 3.8) is 0 Å². The lowest BCUT2D eigenvalue weighted by molar-refractivity contribution is -0.162. The van der Waals surface area contributed by atoms with E-state index in [1.165, 1.54) is 12.1 Å². The maximum absolute atomic E-state index is 12.5. The Morgan fingerprint density at radius 2 is 2.00 bits per heavy atom. The molecule has 6 nitrogen and oxygen atoms in total. The molecule has 3 aliphatic rings. The van der Waals surface area contributed by atoms with Gasteiger partial charge in [-0.2, -0.15) is 8.42 Å². The zero-order valence-corrected chi connectivity index (χ0v) is 13.3. The van der Waals surface area contributed by atoms with Gasteiger partial charge in [-0.15, -0.1) is 0 Å². The van der Waals surface area contributed by atoms with Gasteiger partial charge >= 0.3 is 0 Å². The zero-order chi connectivity index (χ0) is 16.2. The van der Waals surface area contributed by atoms with Crippen LogP contribution in [0, 0.1) is 6.92 Å². The highest BCUT2D eigenvalue weighted by molar-refractivity contribution is 7.86. The summed E-state index contributed by atoms with van der Waals surface area (Å²) < 4.78 is 41.7. The Bertz CT molecular complexity index is 794. The number of ketones is 1. The lowest BCUT2D eigenvalue weighted by Gasteiger charge is -2.37. The van der Waals surface area contributed by atoms with E-state index in [0.29, 0.717) is 6.61 Å². The topological polar surface area (TPSA) is 78.9 Å². The van der Waals surface area contributed by atoms with E-state index in [1.807, 2.05) is 6.92 Å². The minimum Gasteiger partial charge on any atom is -0.374 e. The third-order valence-electron chi connectivity index (χ3n) is 4.58. The van der Waals surface area contributed by atoms with Gasteiger partial charge in [-0.25, -0.2) is 0 Å². The lowest BCUT2D eigenvalue weighted by Crippen LogP contribution is -2.53. The summed E-state index contributed by atoms with van der Waals surface area (Å²) >= 11 is 0. The fourth-order valence-corrected chi connectivity index (χ4v) is 4.40. The summed E-state index contributed by atoms with van der Waals surface area (Å²) in [5, 5.41) is 0. The number of Topliss-reactive ketones (excluding diaryl/α,β-unsaturated/α-hetero) is 1. The molecule has 7 heteroatoms. The highest BCUT2D eigenvalue weighted by Gasteiger charge is 2.59. The Balaban J connectivity index is 1.66. The van der Waals surface area contributed by atoms with E-state index in [9.17, 15) is 13.2 Å². The molecule has 3 heterocycles. The molecule has 0 saturated carbocycles. The van der Waals surface area contributed by atoms with Gasteiger partial charge in [0.15, 0.2) is 5.78 Å². The number of carbonyl (C=O) groups is 1. The SMILES string of the molecule is Cc1ccc(S(=O)(=O)O[C@H]2CC(=O)[C@@H]3C=C4COC[C@@]42O3)cc1. The average Bonchev–Trinajstić information content (AvgIpc) is 3.01. The van der Waals surface area contributed by atoms with E-state index in [4.69, 9.17) is 13.7 Å². The summed E-state index contributed by atoms with van der Waals surface area (Å²) in [6.45, 7) is 2.42. The quantitative estimate of drug-likeness (QED) is 0.608. The van der Waals surface area contributed by atoms with Crippen molar-refractivity contribution < 1.29 is 26.9 Å². The maximum atomic E-state index is 12.5. The minimum atomic E-state index is -3.98. The first-order chi connectivity index (χ1) is 10.9. The van der Waals surface area contributed by atoms with Crippen LogP contribution < -0.4 is 0 Å². The molecule has 2 saturated heterocycles. The fraction of sp³-hybridized carbons (Fsp3) is 0.438. The number of hydrogen-bond donors (Lipinski definition) is 0. The van der Waals surface area contributed by atoms with Crippen molar-refractivity contribution in [3.8, 4) is 0 Å². The molecule has 0 N–H and O–H groups in total. The van der Waals surface area contributed by atoms with E-state index in [1.54, 1.807) is 18.2 Å². The summed E-state index contributed by atoms with van der Waals surface area (Å²) in [5.41, 5.74) is 0.806. The Morgan fingerprint density at radius 1 is 1.26 bits per heavy atom. The Kier molecular flexibility index (Phi) is 3.25. The molecule has 3 atom stereocenters. The van der Waals surface area contributed by atoms with E-state index in [-0.39, 0.29) is 23.7 Å². The number of carbonyl (C=O) groups excluding carboxylic acids is 1. The Hall–Kier alpha value is -1.54. The fourth-order valence-electron chi connectivity index (χ4n) is 3.29. The van der Waals surface area contributed by atoms with E-state index in [2.05, 4.69) is 0 Å². The molecule has 2 fully saturated rings. The summed E-state index contributed by atoms with van der Waals surface area (Å²) in [4.78, 5) is 12.1. The predicted molar refractivity (Wildman–Crippen MR) is 79.4 cm³/mol. The van der Waals surface area contributed by atoms with Crippen molar-refractivity contribution in [2.75, 3.05) is 13.2 Å². The van der Waals surface area contributed by atoms with Crippen LogP contribution in [0.4, 0.5) is 0 Å². The van der Waals surface area contributed by atoms with Crippen LogP contribution >= 0.6 is 0 Å². The molecule has 0 amide bonds. The van der Waals surface area contributed by atoms with Crippen molar-refractivity contribution >= 4 is 15.9 Å². The number of rotatable bonds is 3. The highest BCUT2D eigenvalue weighted by atomic mass is 32.2. The molecule has 23 heavy (non-hydrogen) atoms. The smallest absolute Gasteiger partial charge is 0.297 e. The van der Waals surface area contributed by atoms with Gasteiger partial charge in [-0.3, -0.25) is 8.98 Å². The Labute approximate surface area is 134 Å². The van der Waals surface area contributed by atoms with Crippen LogP contribution in [-0.2, 0) is 28.6 Å². The molecule has 2 bridgehead atoms. The van der Waals surface area contributed by atoms with Gasteiger partial charge in [-0.05, 0) is 30.7 Å². The molecular formula is C16H16O6S. The van der Waals surface area contributed by atoms with Gasteiger partial charge in [0.25, 0.3) is 10.1 Å². The second-order valence-corrected chi connectivity index (χ2v) is 7.71. The maximum Gasteiger partial charge on any atom is 0.297 e.